The first kappa shape index (κ1) is 14.8. The van der Waals surface area contributed by atoms with Gasteiger partial charge in [-0.25, -0.2) is 0 Å². The molecule has 0 rings (SSSR count). The Labute approximate surface area is 91.6 Å². The van der Waals surface area contributed by atoms with Crippen LogP contribution in [0.15, 0.2) is 0 Å². The van der Waals surface area contributed by atoms with E-state index < -0.39 is 0 Å². The highest BCUT2D eigenvalue weighted by atomic mass is 16.7. The van der Waals surface area contributed by atoms with Gasteiger partial charge in [0.2, 0.25) is 0 Å². The molecule has 2 N–H and O–H groups in total. The van der Waals surface area contributed by atoms with Crippen molar-refractivity contribution < 1.29 is 19.7 Å². The molecule has 0 fully saturated rings. The first-order valence-electron chi connectivity index (χ1n) is 5.45. The number of hydrogen-bond donors (Lipinski definition) is 2. The molecule has 0 spiro atoms. The summed E-state index contributed by atoms with van der Waals surface area (Å²) in [5, 5.41) is 17.7. The van der Waals surface area contributed by atoms with Crippen LogP contribution < -0.4 is 0 Å². The summed E-state index contributed by atoms with van der Waals surface area (Å²) in [6.07, 6.45) is -0.280. The fourth-order valence-electron chi connectivity index (χ4n) is 1.31. The van der Waals surface area contributed by atoms with Crippen LogP contribution in [0.4, 0.5) is 0 Å². The van der Waals surface area contributed by atoms with Crippen LogP contribution in [-0.2, 0) is 9.47 Å². The summed E-state index contributed by atoms with van der Waals surface area (Å²) in [6.45, 7) is 6.78. The predicted octanol–water partition coefficient (Wildman–Crippen LogP) is -0.328. The van der Waals surface area contributed by atoms with E-state index >= 15 is 0 Å². The maximum atomic E-state index is 8.83. The van der Waals surface area contributed by atoms with E-state index in [1.807, 2.05) is 18.7 Å². The zero-order valence-corrected chi connectivity index (χ0v) is 9.69. The zero-order chi connectivity index (χ0) is 11.5. The fourth-order valence-corrected chi connectivity index (χ4v) is 1.31. The van der Waals surface area contributed by atoms with Crippen molar-refractivity contribution in [1.29, 1.82) is 0 Å². The second-order valence-corrected chi connectivity index (χ2v) is 3.09. The summed E-state index contributed by atoms with van der Waals surface area (Å²) >= 11 is 0. The average Bonchev–Trinajstić information content (AvgIpc) is 2.19. The molecule has 0 unspecified atom stereocenters. The lowest BCUT2D eigenvalue weighted by molar-refractivity contribution is -0.148. The van der Waals surface area contributed by atoms with Crippen molar-refractivity contribution in [3.63, 3.8) is 0 Å². The lowest BCUT2D eigenvalue weighted by atomic mass is 10.4. The van der Waals surface area contributed by atoms with Gasteiger partial charge in [-0.2, -0.15) is 0 Å². The van der Waals surface area contributed by atoms with Crippen molar-refractivity contribution in [1.82, 2.24) is 4.90 Å². The minimum Gasteiger partial charge on any atom is -0.395 e. The molecule has 0 aliphatic carbocycles. The molecule has 5 nitrogen and oxygen atoms in total. The van der Waals surface area contributed by atoms with Crippen molar-refractivity contribution in [3.8, 4) is 0 Å². The molecule has 0 atom stereocenters. The van der Waals surface area contributed by atoms with Crippen molar-refractivity contribution >= 4 is 0 Å². The maximum Gasteiger partial charge on any atom is 0.170 e. The lowest BCUT2D eigenvalue weighted by Gasteiger charge is -2.25. The number of aliphatic hydroxyl groups is 2. The SMILES string of the molecule is CCOC(CN(CCO)CCO)OCC. The molecule has 0 amide bonds. The van der Waals surface area contributed by atoms with Crippen molar-refractivity contribution in [2.45, 2.75) is 20.1 Å². The Morgan fingerprint density at radius 2 is 1.47 bits per heavy atom. The van der Waals surface area contributed by atoms with E-state index in [0.717, 1.165) is 0 Å². The Morgan fingerprint density at radius 3 is 1.80 bits per heavy atom. The Kier molecular flexibility index (Phi) is 10.2. The number of nitrogens with zero attached hydrogens (tertiary/aromatic N) is 1. The molecule has 0 aromatic heterocycles. The normalized spacial score (nSPS) is 11.6. The van der Waals surface area contributed by atoms with Gasteiger partial charge in [0.1, 0.15) is 0 Å². The summed E-state index contributed by atoms with van der Waals surface area (Å²) in [5.41, 5.74) is 0. The summed E-state index contributed by atoms with van der Waals surface area (Å²) < 4.78 is 10.8. The minimum atomic E-state index is -0.280. The molecule has 0 saturated carbocycles. The predicted molar refractivity (Wildman–Crippen MR) is 57.7 cm³/mol. The van der Waals surface area contributed by atoms with Gasteiger partial charge in [-0.3, -0.25) is 4.90 Å². The highest BCUT2D eigenvalue weighted by molar-refractivity contribution is 4.59. The van der Waals surface area contributed by atoms with Crippen LogP contribution in [0.3, 0.4) is 0 Å². The van der Waals surface area contributed by atoms with E-state index in [2.05, 4.69) is 0 Å². The van der Waals surface area contributed by atoms with E-state index in [1.165, 1.54) is 0 Å². The molecule has 0 heterocycles. The summed E-state index contributed by atoms with van der Waals surface area (Å²) in [7, 11) is 0. The van der Waals surface area contributed by atoms with Gasteiger partial charge in [0.05, 0.1) is 13.2 Å². The zero-order valence-electron chi connectivity index (χ0n) is 9.69. The molecule has 0 aromatic carbocycles. The summed E-state index contributed by atoms with van der Waals surface area (Å²) in [6, 6.07) is 0. The standard InChI is InChI=1S/C10H23NO4/c1-3-14-10(15-4-2)9-11(5-7-12)6-8-13/h10,12-13H,3-9H2,1-2H3. The van der Waals surface area contributed by atoms with Gasteiger partial charge in [-0.1, -0.05) is 0 Å². The number of ether oxygens (including phenoxy) is 2. The molecular weight excluding hydrogens is 198 g/mol. The van der Waals surface area contributed by atoms with Crippen LogP contribution in [0.25, 0.3) is 0 Å². The van der Waals surface area contributed by atoms with Gasteiger partial charge in [-0.15, -0.1) is 0 Å². The highest BCUT2D eigenvalue weighted by Gasteiger charge is 2.13. The van der Waals surface area contributed by atoms with Crippen LogP contribution in [0, 0.1) is 0 Å². The first-order chi connectivity index (χ1) is 7.28. The molecule has 0 bridgehead atoms. The molecule has 0 aliphatic rings. The van der Waals surface area contributed by atoms with Crippen LogP contribution >= 0.6 is 0 Å². The third kappa shape index (κ3) is 7.70. The van der Waals surface area contributed by atoms with E-state index in [0.29, 0.717) is 32.8 Å². The van der Waals surface area contributed by atoms with Gasteiger partial charge < -0.3 is 19.7 Å². The second-order valence-electron chi connectivity index (χ2n) is 3.09. The van der Waals surface area contributed by atoms with E-state index in [-0.39, 0.29) is 19.5 Å². The summed E-state index contributed by atoms with van der Waals surface area (Å²) in [5.74, 6) is 0. The van der Waals surface area contributed by atoms with Crippen LogP contribution in [0.5, 0.6) is 0 Å². The Bertz CT molecular complexity index is 109. The van der Waals surface area contributed by atoms with Gasteiger partial charge >= 0.3 is 0 Å². The van der Waals surface area contributed by atoms with Crippen LogP contribution in [-0.4, -0.2) is 67.5 Å². The third-order valence-electron chi connectivity index (χ3n) is 1.94. The Balaban J connectivity index is 3.93. The van der Waals surface area contributed by atoms with Crippen molar-refractivity contribution in [2.75, 3.05) is 46.1 Å². The largest absolute Gasteiger partial charge is 0.395 e. The van der Waals surface area contributed by atoms with E-state index in [9.17, 15) is 0 Å². The Morgan fingerprint density at radius 1 is 1.00 bits per heavy atom. The molecular formula is C10H23NO4. The molecule has 92 valence electrons. The first-order valence-corrected chi connectivity index (χ1v) is 5.45. The molecule has 5 heteroatoms. The number of hydrogen-bond acceptors (Lipinski definition) is 5. The second kappa shape index (κ2) is 10.3. The van der Waals surface area contributed by atoms with Crippen molar-refractivity contribution in [3.05, 3.63) is 0 Å². The topological polar surface area (TPSA) is 62.2 Å². The molecule has 0 saturated heterocycles. The molecule has 15 heavy (non-hydrogen) atoms. The molecule has 0 aliphatic heterocycles. The lowest BCUT2D eigenvalue weighted by Crippen LogP contribution is -2.39. The smallest absolute Gasteiger partial charge is 0.170 e. The minimum absolute atomic E-state index is 0.0744. The quantitative estimate of drug-likeness (QED) is 0.495. The number of rotatable bonds is 10. The van der Waals surface area contributed by atoms with E-state index in [4.69, 9.17) is 19.7 Å². The van der Waals surface area contributed by atoms with Gasteiger partial charge in [-0.05, 0) is 13.8 Å². The van der Waals surface area contributed by atoms with Crippen LogP contribution in [0.1, 0.15) is 13.8 Å². The van der Waals surface area contributed by atoms with Crippen molar-refractivity contribution in [2.24, 2.45) is 0 Å². The highest BCUT2D eigenvalue weighted by Crippen LogP contribution is 1.99. The van der Waals surface area contributed by atoms with Gasteiger partial charge in [0.15, 0.2) is 6.29 Å². The number of aliphatic hydroxyl groups excluding tert-OH is 2. The van der Waals surface area contributed by atoms with Gasteiger partial charge in [0, 0.05) is 32.8 Å². The van der Waals surface area contributed by atoms with Gasteiger partial charge in [0.25, 0.3) is 0 Å². The monoisotopic (exact) mass is 221 g/mol. The Hall–Kier alpha value is -0.200. The fraction of sp³-hybridized carbons (Fsp3) is 1.00. The average molecular weight is 221 g/mol. The maximum absolute atomic E-state index is 8.83. The molecule has 0 aromatic rings. The van der Waals surface area contributed by atoms with E-state index in [1.54, 1.807) is 0 Å². The van der Waals surface area contributed by atoms with Crippen LogP contribution in [0.2, 0.25) is 0 Å². The third-order valence-corrected chi connectivity index (χ3v) is 1.94. The molecule has 0 radical (unpaired) electrons. The summed E-state index contributed by atoms with van der Waals surface area (Å²) in [4.78, 5) is 1.91.